The van der Waals surface area contributed by atoms with Crippen molar-refractivity contribution in [2.24, 2.45) is 0 Å². The van der Waals surface area contributed by atoms with Gasteiger partial charge in [0.25, 0.3) is 0 Å². The number of carbonyl (C=O) groups is 1. The first-order chi connectivity index (χ1) is 17.4. The second-order valence-corrected chi connectivity index (χ2v) is 8.66. The zero-order valence-electron chi connectivity index (χ0n) is 21.5. The fraction of sp³-hybridized carbons (Fsp3) is 0.357. The van der Waals surface area contributed by atoms with Crippen LogP contribution in [-0.4, -0.2) is 44.0 Å². The molecule has 0 bridgehead atoms. The van der Waals surface area contributed by atoms with E-state index in [1.54, 1.807) is 27.5 Å². The number of methoxy groups -OCH3 is 4. The van der Waals surface area contributed by atoms with Gasteiger partial charge in [0, 0.05) is 23.4 Å². The van der Waals surface area contributed by atoms with Gasteiger partial charge in [-0.1, -0.05) is 43.1 Å². The van der Waals surface area contributed by atoms with Gasteiger partial charge in [-0.05, 0) is 41.8 Å². The zero-order chi connectivity index (χ0) is 26.1. The average Bonchev–Trinajstić information content (AvgIpc) is 3.27. The lowest BCUT2D eigenvalue weighted by Gasteiger charge is -2.15. The third-order valence-electron chi connectivity index (χ3n) is 5.90. The van der Waals surface area contributed by atoms with Crippen molar-refractivity contribution in [1.29, 1.82) is 0 Å². The SMILES string of the molecule is CCCCc1ncc(/C=C(\Cc2cc(OC)c(OC)c(OC)c2)C(=O)OC)n1Cc1ccccc1Cl. The van der Waals surface area contributed by atoms with Gasteiger partial charge in [-0.25, -0.2) is 9.78 Å². The number of carbonyl (C=O) groups excluding carboxylic acids is 1. The molecule has 0 aliphatic carbocycles. The van der Waals surface area contributed by atoms with Crippen LogP contribution in [-0.2, 0) is 28.9 Å². The van der Waals surface area contributed by atoms with Gasteiger partial charge in [0.15, 0.2) is 11.5 Å². The highest BCUT2D eigenvalue weighted by molar-refractivity contribution is 6.31. The molecule has 0 fully saturated rings. The number of nitrogens with zero attached hydrogens (tertiary/aromatic N) is 2. The molecule has 0 aliphatic rings. The standard InChI is InChI=1S/C28H33ClN2O5/c1-6-7-12-26-30-17-22(31(26)18-20-10-8-9-11-23(20)29)16-21(28(32)36-5)13-19-14-24(33-2)27(35-4)25(15-19)34-3/h8-11,14-17H,6-7,12-13,18H2,1-5H3/b21-16+. The molecule has 0 N–H and O–H groups in total. The van der Waals surface area contributed by atoms with Crippen molar-refractivity contribution in [2.45, 2.75) is 39.2 Å². The summed E-state index contributed by atoms with van der Waals surface area (Å²) in [6.07, 6.45) is 6.81. The topological polar surface area (TPSA) is 71.8 Å². The van der Waals surface area contributed by atoms with E-state index in [4.69, 9.17) is 30.5 Å². The van der Waals surface area contributed by atoms with E-state index in [1.165, 1.54) is 7.11 Å². The highest BCUT2D eigenvalue weighted by Crippen LogP contribution is 2.39. The second-order valence-electron chi connectivity index (χ2n) is 8.25. The molecule has 192 valence electrons. The molecule has 7 nitrogen and oxygen atoms in total. The molecule has 0 spiro atoms. The summed E-state index contributed by atoms with van der Waals surface area (Å²) in [4.78, 5) is 17.5. The minimum Gasteiger partial charge on any atom is -0.493 e. The Morgan fingerprint density at radius 1 is 1.06 bits per heavy atom. The number of benzene rings is 2. The molecule has 0 saturated carbocycles. The lowest BCUT2D eigenvalue weighted by molar-refractivity contribution is -0.136. The molecule has 8 heteroatoms. The lowest BCUT2D eigenvalue weighted by Crippen LogP contribution is -2.11. The molecule has 0 radical (unpaired) electrons. The number of hydrogen-bond acceptors (Lipinski definition) is 6. The maximum absolute atomic E-state index is 12.8. The number of halogens is 1. The summed E-state index contributed by atoms with van der Waals surface area (Å²) in [5.41, 5.74) is 3.06. The minimum atomic E-state index is -0.427. The van der Waals surface area contributed by atoms with Crippen molar-refractivity contribution in [3.63, 3.8) is 0 Å². The number of rotatable bonds is 12. The summed E-state index contributed by atoms with van der Waals surface area (Å²) in [6, 6.07) is 11.4. The molecule has 3 aromatic rings. The van der Waals surface area contributed by atoms with Crippen molar-refractivity contribution in [2.75, 3.05) is 28.4 Å². The normalized spacial score (nSPS) is 11.3. The van der Waals surface area contributed by atoms with Crippen LogP contribution in [0.1, 0.15) is 42.4 Å². The van der Waals surface area contributed by atoms with Gasteiger partial charge in [-0.2, -0.15) is 0 Å². The van der Waals surface area contributed by atoms with Crippen LogP contribution in [0.5, 0.6) is 17.2 Å². The van der Waals surface area contributed by atoms with E-state index in [0.29, 0.717) is 40.8 Å². The lowest BCUT2D eigenvalue weighted by atomic mass is 10.0. The van der Waals surface area contributed by atoms with Crippen LogP contribution in [0, 0.1) is 0 Å². The molecular weight excluding hydrogens is 480 g/mol. The Morgan fingerprint density at radius 3 is 2.33 bits per heavy atom. The third-order valence-corrected chi connectivity index (χ3v) is 6.27. The maximum atomic E-state index is 12.8. The van der Waals surface area contributed by atoms with Crippen molar-refractivity contribution in [1.82, 2.24) is 9.55 Å². The molecule has 0 saturated heterocycles. The predicted octanol–water partition coefficient (Wildman–Crippen LogP) is 5.75. The van der Waals surface area contributed by atoms with Gasteiger partial charge >= 0.3 is 5.97 Å². The van der Waals surface area contributed by atoms with Gasteiger partial charge in [0.05, 0.1) is 46.9 Å². The Bertz CT molecular complexity index is 1190. The predicted molar refractivity (Wildman–Crippen MR) is 141 cm³/mol. The van der Waals surface area contributed by atoms with Crippen molar-refractivity contribution in [3.05, 3.63) is 75.8 Å². The molecule has 1 aromatic heterocycles. The summed E-state index contributed by atoms with van der Waals surface area (Å²) in [6.45, 7) is 2.69. The molecule has 2 aromatic carbocycles. The first kappa shape index (κ1) is 27.1. The quantitative estimate of drug-likeness (QED) is 0.227. The Balaban J connectivity index is 2.06. The molecule has 36 heavy (non-hydrogen) atoms. The molecule has 0 amide bonds. The van der Waals surface area contributed by atoms with Crippen LogP contribution in [0.2, 0.25) is 5.02 Å². The van der Waals surface area contributed by atoms with Crippen molar-refractivity contribution in [3.8, 4) is 17.2 Å². The number of esters is 1. The Morgan fingerprint density at radius 2 is 1.75 bits per heavy atom. The number of hydrogen-bond donors (Lipinski definition) is 0. The van der Waals surface area contributed by atoms with Gasteiger partial charge in [-0.15, -0.1) is 0 Å². The molecular formula is C28H33ClN2O5. The van der Waals surface area contributed by atoms with Gasteiger partial charge in [0.1, 0.15) is 5.82 Å². The van der Waals surface area contributed by atoms with Crippen LogP contribution in [0.15, 0.2) is 48.2 Å². The van der Waals surface area contributed by atoms with Crippen LogP contribution in [0.3, 0.4) is 0 Å². The number of aryl methyl sites for hydroxylation is 1. The molecule has 3 rings (SSSR count). The summed E-state index contributed by atoms with van der Waals surface area (Å²) in [5.74, 6) is 2.04. The average molecular weight is 513 g/mol. The highest BCUT2D eigenvalue weighted by Gasteiger charge is 2.19. The van der Waals surface area contributed by atoms with E-state index in [2.05, 4.69) is 16.5 Å². The summed E-state index contributed by atoms with van der Waals surface area (Å²) in [5, 5.41) is 0.688. The fourth-order valence-corrected chi connectivity index (χ4v) is 4.20. The number of unbranched alkanes of at least 4 members (excludes halogenated alkanes) is 1. The number of imidazole rings is 1. The van der Waals surface area contributed by atoms with Crippen LogP contribution in [0.4, 0.5) is 0 Å². The first-order valence-corrected chi connectivity index (χ1v) is 12.2. The van der Waals surface area contributed by atoms with Gasteiger partial charge in [-0.3, -0.25) is 0 Å². The Hall–Kier alpha value is -3.45. The zero-order valence-corrected chi connectivity index (χ0v) is 22.2. The maximum Gasteiger partial charge on any atom is 0.334 e. The summed E-state index contributed by atoms with van der Waals surface area (Å²) >= 11 is 6.46. The van der Waals surface area contributed by atoms with Crippen molar-refractivity contribution >= 4 is 23.6 Å². The molecule has 0 atom stereocenters. The summed E-state index contributed by atoms with van der Waals surface area (Å²) < 4.78 is 23.6. The monoisotopic (exact) mass is 512 g/mol. The number of aromatic nitrogens is 2. The fourth-order valence-electron chi connectivity index (χ4n) is 4.01. The summed E-state index contributed by atoms with van der Waals surface area (Å²) in [7, 11) is 6.04. The third kappa shape index (κ3) is 6.40. The van der Waals surface area contributed by atoms with Crippen LogP contribution < -0.4 is 14.2 Å². The number of ether oxygens (including phenoxy) is 4. The van der Waals surface area contributed by atoms with Crippen LogP contribution in [0.25, 0.3) is 6.08 Å². The van der Waals surface area contributed by atoms with Gasteiger partial charge < -0.3 is 23.5 Å². The Labute approximate surface area is 217 Å². The first-order valence-electron chi connectivity index (χ1n) is 11.8. The van der Waals surface area contributed by atoms with Gasteiger partial charge in [0.2, 0.25) is 5.75 Å². The smallest absolute Gasteiger partial charge is 0.334 e. The van der Waals surface area contributed by atoms with E-state index >= 15 is 0 Å². The van der Waals surface area contributed by atoms with E-state index < -0.39 is 5.97 Å². The van der Waals surface area contributed by atoms with E-state index in [9.17, 15) is 4.79 Å². The second kappa shape index (κ2) is 13.0. The minimum absolute atomic E-state index is 0.297. The molecule has 1 heterocycles. The largest absolute Gasteiger partial charge is 0.493 e. The van der Waals surface area contributed by atoms with Crippen LogP contribution >= 0.6 is 11.6 Å². The van der Waals surface area contributed by atoms with Crippen molar-refractivity contribution < 1.29 is 23.7 Å². The van der Waals surface area contributed by atoms with E-state index in [0.717, 1.165) is 41.9 Å². The molecule has 0 unspecified atom stereocenters. The van der Waals surface area contributed by atoms with E-state index in [1.807, 2.05) is 42.5 Å². The molecule has 0 aliphatic heterocycles. The highest BCUT2D eigenvalue weighted by atomic mass is 35.5. The van der Waals surface area contributed by atoms with E-state index in [-0.39, 0.29) is 0 Å². The Kier molecular flexibility index (Phi) is 9.82.